The summed E-state index contributed by atoms with van der Waals surface area (Å²) in [6, 6.07) is 7.89. The average Bonchev–Trinajstić information content (AvgIpc) is 2.45. The number of carbonyl (C=O) groups excluding carboxylic acids is 1. The van der Waals surface area contributed by atoms with E-state index in [4.69, 9.17) is 0 Å². The van der Waals surface area contributed by atoms with E-state index in [0.717, 1.165) is 24.9 Å². The molecule has 1 aliphatic heterocycles. The number of aliphatic hydroxyl groups excluding tert-OH is 1. The number of amides is 1. The summed E-state index contributed by atoms with van der Waals surface area (Å²) in [6.45, 7) is 9.90. The lowest BCUT2D eigenvalue weighted by molar-refractivity contribution is 0.0273. The molecular formula is C19H29NO2. The summed E-state index contributed by atoms with van der Waals surface area (Å²) in [7, 11) is 0. The second-order valence-corrected chi connectivity index (χ2v) is 7.37. The van der Waals surface area contributed by atoms with Crippen LogP contribution in [0.5, 0.6) is 0 Å². The first kappa shape index (κ1) is 17.0. The van der Waals surface area contributed by atoms with Crippen LogP contribution in [-0.2, 0) is 0 Å². The van der Waals surface area contributed by atoms with Crippen molar-refractivity contribution in [3.63, 3.8) is 0 Å². The molecule has 1 fully saturated rings. The quantitative estimate of drug-likeness (QED) is 0.922. The molecule has 0 aliphatic carbocycles. The standard InChI is InChI=1S/C19H29NO2/c1-13(2)9-15-10-18(21)12-20(11-15)19(22)17-7-5-16(6-8-17)14(3)4/h5-8,13-15,18,21H,9-12H2,1-4H3. The molecule has 2 atom stereocenters. The van der Waals surface area contributed by atoms with Gasteiger partial charge in [0.15, 0.2) is 0 Å². The van der Waals surface area contributed by atoms with E-state index in [1.54, 1.807) is 0 Å². The molecule has 3 heteroatoms. The molecular weight excluding hydrogens is 274 g/mol. The highest BCUT2D eigenvalue weighted by Crippen LogP contribution is 2.25. The maximum Gasteiger partial charge on any atom is 0.253 e. The Bertz CT molecular complexity index is 491. The number of benzene rings is 1. The zero-order valence-corrected chi connectivity index (χ0v) is 14.2. The third kappa shape index (κ3) is 4.33. The second-order valence-electron chi connectivity index (χ2n) is 7.37. The van der Waals surface area contributed by atoms with Gasteiger partial charge in [-0.1, -0.05) is 39.8 Å². The van der Waals surface area contributed by atoms with Crippen LogP contribution >= 0.6 is 0 Å². The maximum absolute atomic E-state index is 12.7. The monoisotopic (exact) mass is 303 g/mol. The molecule has 122 valence electrons. The van der Waals surface area contributed by atoms with Gasteiger partial charge in [-0.2, -0.15) is 0 Å². The highest BCUT2D eigenvalue weighted by atomic mass is 16.3. The minimum atomic E-state index is -0.392. The van der Waals surface area contributed by atoms with Crippen molar-refractivity contribution in [3.05, 3.63) is 35.4 Å². The molecule has 22 heavy (non-hydrogen) atoms. The first-order chi connectivity index (χ1) is 10.4. The summed E-state index contributed by atoms with van der Waals surface area (Å²) >= 11 is 0. The molecule has 2 unspecified atom stereocenters. The van der Waals surface area contributed by atoms with Crippen LogP contribution < -0.4 is 0 Å². The van der Waals surface area contributed by atoms with Gasteiger partial charge in [-0.3, -0.25) is 4.79 Å². The van der Waals surface area contributed by atoms with E-state index in [-0.39, 0.29) is 5.91 Å². The van der Waals surface area contributed by atoms with Gasteiger partial charge in [-0.25, -0.2) is 0 Å². The number of nitrogens with zero attached hydrogens (tertiary/aromatic N) is 1. The molecule has 2 rings (SSSR count). The zero-order chi connectivity index (χ0) is 16.3. The topological polar surface area (TPSA) is 40.5 Å². The van der Waals surface area contributed by atoms with Crippen LogP contribution in [0.2, 0.25) is 0 Å². The summed E-state index contributed by atoms with van der Waals surface area (Å²) in [5.74, 6) is 1.51. The fourth-order valence-corrected chi connectivity index (χ4v) is 3.37. The Morgan fingerprint density at radius 3 is 2.36 bits per heavy atom. The summed E-state index contributed by atoms with van der Waals surface area (Å²) < 4.78 is 0. The lowest BCUT2D eigenvalue weighted by Gasteiger charge is -2.36. The fraction of sp³-hybridized carbons (Fsp3) is 0.632. The summed E-state index contributed by atoms with van der Waals surface area (Å²) in [4.78, 5) is 14.5. The van der Waals surface area contributed by atoms with Crippen LogP contribution in [0.4, 0.5) is 0 Å². The van der Waals surface area contributed by atoms with Crippen LogP contribution in [0.25, 0.3) is 0 Å². The number of β-amino-alcohol motifs (C(OH)–C–C–N with tert-alkyl or cyclic N) is 1. The average molecular weight is 303 g/mol. The highest BCUT2D eigenvalue weighted by Gasteiger charge is 2.29. The Morgan fingerprint density at radius 2 is 1.82 bits per heavy atom. The fourth-order valence-electron chi connectivity index (χ4n) is 3.37. The minimum Gasteiger partial charge on any atom is -0.391 e. The van der Waals surface area contributed by atoms with E-state index < -0.39 is 6.10 Å². The van der Waals surface area contributed by atoms with Crippen molar-refractivity contribution in [3.8, 4) is 0 Å². The largest absolute Gasteiger partial charge is 0.391 e. The van der Waals surface area contributed by atoms with Crippen molar-refractivity contribution < 1.29 is 9.90 Å². The molecule has 1 saturated heterocycles. The number of likely N-dealkylation sites (tertiary alicyclic amines) is 1. The maximum atomic E-state index is 12.7. The van der Waals surface area contributed by atoms with Crippen LogP contribution in [0.3, 0.4) is 0 Å². The zero-order valence-electron chi connectivity index (χ0n) is 14.2. The van der Waals surface area contributed by atoms with E-state index in [2.05, 4.69) is 27.7 Å². The van der Waals surface area contributed by atoms with Crippen LogP contribution in [0, 0.1) is 11.8 Å². The van der Waals surface area contributed by atoms with Crippen LogP contribution in [-0.4, -0.2) is 35.1 Å². The predicted molar refractivity (Wildman–Crippen MR) is 90.0 cm³/mol. The number of hydrogen-bond donors (Lipinski definition) is 1. The van der Waals surface area contributed by atoms with E-state index in [1.165, 1.54) is 5.56 Å². The number of aliphatic hydroxyl groups is 1. The first-order valence-electron chi connectivity index (χ1n) is 8.44. The Balaban J connectivity index is 2.07. The smallest absolute Gasteiger partial charge is 0.253 e. The number of piperidine rings is 1. The first-order valence-corrected chi connectivity index (χ1v) is 8.44. The summed E-state index contributed by atoms with van der Waals surface area (Å²) in [5.41, 5.74) is 1.97. The molecule has 1 heterocycles. The predicted octanol–water partition coefficient (Wildman–Crippen LogP) is 3.68. The Kier molecular flexibility index (Phi) is 5.63. The lowest BCUT2D eigenvalue weighted by atomic mass is 9.88. The van der Waals surface area contributed by atoms with E-state index in [1.807, 2.05) is 29.2 Å². The molecule has 1 aromatic carbocycles. The van der Waals surface area contributed by atoms with Gasteiger partial charge in [0.1, 0.15) is 0 Å². The second kappa shape index (κ2) is 7.28. The molecule has 0 spiro atoms. The molecule has 1 aliphatic rings. The SMILES string of the molecule is CC(C)CC1CC(O)CN(C(=O)c2ccc(C(C)C)cc2)C1. The molecule has 3 nitrogen and oxygen atoms in total. The van der Waals surface area contributed by atoms with Crippen molar-refractivity contribution in [2.45, 2.75) is 52.6 Å². The molecule has 1 aromatic rings. The van der Waals surface area contributed by atoms with Gasteiger partial charge >= 0.3 is 0 Å². The van der Waals surface area contributed by atoms with Gasteiger partial charge < -0.3 is 10.0 Å². The third-order valence-corrected chi connectivity index (χ3v) is 4.43. The molecule has 0 radical (unpaired) electrons. The van der Waals surface area contributed by atoms with Gasteiger partial charge in [0.25, 0.3) is 5.91 Å². The molecule has 0 bridgehead atoms. The van der Waals surface area contributed by atoms with Gasteiger partial charge in [0.05, 0.1) is 6.10 Å². The van der Waals surface area contributed by atoms with Gasteiger partial charge in [-0.15, -0.1) is 0 Å². The summed E-state index contributed by atoms with van der Waals surface area (Å²) in [5, 5.41) is 10.1. The Morgan fingerprint density at radius 1 is 1.18 bits per heavy atom. The van der Waals surface area contributed by atoms with E-state index in [9.17, 15) is 9.90 Å². The Hall–Kier alpha value is -1.35. The lowest BCUT2D eigenvalue weighted by Crippen LogP contribution is -2.46. The van der Waals surface area contributed by atoms with Crippen molar-refractivity contribution in [2.24, 2.45) is 11.8 Å². The molecule has 1 amide bonds. The molecule has 0 aromatic heterocycles. The molecule has 1 N–H and O–H groups in total. The minimum absolute atomic E-state index is 0.0443. The van der Waals surface area contributed by atoms with E-state index >= 15 is 0 Å². The van der Waals surface area contributed by atoms with Crippen molar-refractivity contribution in [1.82, 2.24) is 4.90 Å². The molecule has 0 saturated carbocycles. The van der Waals surface area contributed by atoms with Gasteiger partial charge in [0, 0.05) is 18.7 Å². The Labute approximate surface area is 134 Å². The summed E-state index contributed by atoms with van der Waals surface area (Å²) in [6.07, 6.45) is 1.48. The van der Waals surface area contributed by atoms with E-state index in [0.29, 0.717) is 24.3 Å². The van der Waals surface area contributed by atoms with Crippen molar-refractivity contribution in [1.29, 1.82) is 0 Å². The number of rotatable bonds is 4. The van der Waals surface area contributed by atoms with Crippen molar-refractivity contribution >= 4 is 5.91 Å². The van der Waals surface area contributed by atoms with Crippen LogP contribution in [0.1, 0.15) is 62.4 Å². The highest BCUT2D eigenvalue weighted by molar-refractivity contribution is 5.94. The van der Waals surface area contributed by atoms with Crippen molar-refractivity contribution in [2.75, 3.05) is 13.1 Å². The third-order valence-electron chi connectivity index (χ3n) is 4.43. The normalized spacial score (nSPS) is 22.4. The van der Waals surface area contributed by atoms with Crippen LogP contribution in [0.15, 0.2) is 24.3 Å². The number of carbonyl (C=O) groups is 1. The van der Waals surface area contributed by atoms with Gasteiger partial charge in [0.2, 0.25) is 0 Å². The number of hydrogen-bond acceptors (Lipinski definition) is 2. The van der Waals surface area contributed by atoms with Gasteiger partial charge in [-0.05, 0) is 48.3 Å².